The van der Waals surface area contributed by atoms with Gasteiger partial charge in [0.2, 0.25) is 5.76 Å². The van der Waals surface area contributed by atoms with Crippen LogP contribution in [0.4, 0.5) is 11.0 Å². The molecule has 0 spiro atoms. The average molecular weight is 373 g/mol. The molecule has 0 fully saturated rings. The number of esters is 1. The first-order valence-corrected chi connectivity index (χ1v) is 8.13. The van der Waals surface area contributed by atoms with Crippen LogP contribution in [0.25, 0.3) is 11.3 Å². The molecule has 1 amide bonds. The van der Waals surface area contributed by atoms with Gasteiger partial charge in [0.05, 0.1) is 11.8 Å². The molecule has 0 aliphatic rings. The number of benzene rings is 1. The van der Waals surface area contributed by atoms with Crippen LogP contribution in [0.5, 0.6) is 0 Å². The van der Waals surface area contributed by atoms with Crippen LogP contribution in [0.3, 0.4) is 0 Å². The second-order valence-corrected chi connectivity index (χ2v) is 5.78. The van der Waals surface area contributed by atoms with E-state index in [0.29, 0.717) is 10.8 Å². The summed E-state index contributed by atoms with van der Waals surface area (Å²) in [5.41, 5.74) is 1.63. The topological polar surface area (TPSA) is 125 Å². The molecular formula is C16H11N3O6S. The Morgan fingerprint density at radius 3 is 2.69 bits per heavy atom. The number of hydrogen-bond acceptors (Lipinski definition) is 8. The summed E-state index contributed by atoms with van der Waals surface area (Å²) in [6.45, 7) is -0.576. The largest absolute Gasteiger partial charge is 0.450 e. The first-order chi connectivity index (χ1) is 12.5. The van der Waals surface area contributed by atoms with Gasteiger partial charge in [-0.25, -0.2) is 9.78 Å². The van der Waals surface area contributed by atoms with Gasteiger partial charge in [-0.1, -0.05) is 30.3 Å². The van der Waals surface area contributed by atoms with Gasteiger partial charge in [0.25, 0.3) is 5.91 Å². The van der Waals surface area contributed by atoms with Gasteiger partial charge in [0, 0.05) is 10.9 Å². The van der Waals surface area contributed by atoms with Gasteiger partial charge in [-0.05, 0) is 6.07 Å². The Morgan fingerprint density at radius 1 is 1.23 bits per heavy atom. The summed E-state index contributed by atoms with van der Waals surface area (Å²) >= 11 is 1.23. The fourth-order valence-corrected chi connectivity index (χ4v) is 2.70. The highest BCUT2D eigenvalue weighted by Crippen LogP contribution is 2.24. The highest BCUT2D eigenvalue weighted by Gasteiger charge is 2.19. The minimum Gasteiger partial charge on any atom is -0.450 e. The van der Waals surface area contributed by atoms with Crippen molar-refractivity contribution in [2.24, 2.45) is 0 Å². The summed E-state index contributed by atoms with van der Waals surface area (Å²) in [7, 11) is 0. The van der Waals surface area contributed by atoms with Crippen molar-refractivity contribution < 1.29 is 23.7 Å². The van der Waals surface area contributed by atoms with Crippen molar-refractivity contribution in [2.75, 3.05) is 11.9 Å². The Labute approximate surface area is 150 Å². The number of nitrogens with zero attached hydrogens (tertiary/aromatic N) is 2. The minimum atomic E-state index is -0.975. The molecule has 3 aromatic rings. The minimum absolute atomic E-state index is 0.356. The maximum Gasteiger partial charge on any atom is 0.433 e. The van der Waals surface area contributed by atoms with E-state index in [2.05, 4.69) is 10.3 Å². The smallest absolute Gasteiger partial charge is 0.433 e. The van der Waals surface area contributed by atoms with Crippen LogP contribution < -0.4 is 5.32 Å². The van der Waals surface area contributed by atoms with Crippen molar-refractivity contribution in [1.29, 1.82) is 0 Å². The molecule has 0 atom stereocenters. The molecule has 0 aliphatic heterocycles. The maximum absolute atomic E-state index is 11.8. The summed E-state index contributed by atoms with van der Waals surface area (Å²) in [5, 5.41) is 15.2. The molecule has 0 aliphatic carbocycles. The monoisotopic (exact) mass is 373 g/mol. The molecule has 0 bridgehead atoms. The van der Waals surface area contributed by atoms with Crippen molar-refractivity contribution >= 4 is 34.2 Å². The fourth-order valence-electron chi connectivity index (χ4n) is 1.97. The lowest BCUT2D eigenvalue weighted by atomic mass is 10.2. The zero-order valence-electron chi connectivity index (χ0n) is 13.1. The molecule has 0 saturated carbocycles. The number of nitro groups is 1. The first kappa shape index (κ1) is 17.3. The highest BCUT2D eigenvalue weighted by molar-refractivity contribution is 7.14. The lowest BCUT2D eigenvalue weighted by Crippen LogP contribution is -2.20. The molecule has 2 aromatic heterocycles. The quantitative estimate of drug-likeness (QED) is 0.400. The second kappa shape index (κ2) is 7.57. The molecule has 1 aromatic carbocycles. The SMILES string of the molecule is O=C(COC(=O)c1ccc([N+](=O)[O-])o1)Nc1nc(-c2ccccc2)cs1. The molecule has 0 radical (unpaired) electrons. The van der Waals surface area contributed by atoms with Gasteiger partial charge in [0.1, 0.15) is 4.92 Å². The average Bonchev–Trinajstić information content (AvgIpc) is 3.30. The number of carbonyl (C=O) groups excluding carboxylic acids is 2. The summed E-state index contributed by atoms with van der Waals surface area (Å²) in [6.07, 6.45) is 0. The molecule has 0 saturated heterocycles. The molecular weight excluding hydrogens is 362 g/mol. The number of thiazole rings is 1. The van der Waals surface area contributed by atoms with Crippen LogP contribution in [0.15, 0.2) is 52.3 Å². The number of carbonyl (C=O) groups is 2. The van der Waals surface area contributed by atoms with E-state index in [1.807, 2.05) is 30.3 Å². The normalized spacial score (nSPS) is 10.3. The standard InChI is InChI=1S/C16H11N3O6S/c20-13(8-24-15(21)12-6-7-14(25-12)19(22)23)18-16-17-11(9-26-16)10-4-2-1-3-5-10/h1-7,9H,8H2,(H,17,18,20). The third kappa shape index (κ3) is 4.11. The van der Waals surface area contributed by atoms with E-state index in [9.17, 15) is 19.7 Å². The number of aromatic nitrogens is 1. The highest BCUT2D eigenvalue weighted by atomic mass is 32.1. The number of ether oxygens (including phenoxy) is 1. The van der Waals surface area contributed by atoms with Crippen LogP contribution >= 0.6 is 11.3 Å². The molecule has 132 valence electrons. The number of furan rings is 1. The van der Waals surface area contributed by atoms with Gasteiger partial charge >= 0.3 is 11.9 Å². The number of amides is 1. The van der Waals surface area contributed by atoms with Crippen molar-refractivity contribution in [3.63, 3.8) is 0 Å². The number of hydrogen-bond donors (Lipinski definition) is 1. The summed E-state index contributed by atoms with van der Waals surface area (Å²) in [6, 6.07) is 11.6. The Kier molecular flexibility index (Phi) is 5.04. The van der Waals surface area contributed by atoms with Gasteiger partial charge in [-0.3, -0.25) is 20.2 Å². The molecule has 2 heterocycles. The Morgan fingerprint density at radius 2 is 2.00 bits per heavy atom. The van der Waals surface area contributed by atoms with Crippen molar-refractivity contribution in [1.82, 2.24) is 4.98 Å². The second-order valence-electron chi connectivity index (χ2n) is 4.92. The predicted octanol–water partition coefficient (Wildman–Crippen LogP) is 3.11. The third-order valence-corrected chi connectivity index (χ3v) is 3.89. The van der Waals surface area contributed by atoms with Crippen molar-refractivity contribution in [3.05, 3.63) is 63.7 Å². The van der Waals surface area contributed by atoms with Gasteiger partial charge in [-0.2, -0.15) is 0 Å². The van der Waals surface area contributed by atoms with Crippen LogP contribution in [0, 0.1) is 10.1 Å². The third-order valence-electron chi connectivity index (χ3n) is 3.13. The lowest BCUT2D eigenvalue weighted by Gasteiger charge is -2.02. The van der Waals surface area contributed by atoms with E-state index in [1.165, 1.54) is 11.3 Å². The maximum atomic E-state index is 11.8. The molecule has 9 nitrogen and oxygen atoms in total. The van der Waals surface area contributed by atoms with E-state index in [1.54, 1.807) is 5.38 Å². The molecule has 1 N–H and O–H groups in total. The van der Waals surface area contributed by atoms with Crippen LogP contribution in [0.1, 0.15) is 10.6 Å². The van der Waals surface area contributed by atoms with Gasteiger partial charge in [-0.15, -0.1) is 11.3 Å². The van der Waals surface area contributed by atoms with Crippen LogP contribution in [-0.2, 0) is 9.53 Å². The Bertz CT molecular complexity index is 950. The molecule has 3 rings (SSSR count). The lowest BCUT2D eigenvalue weighted by molar-refractivity contribution is -0.402. The van der Waals surface area contributed by atoms with E-state index < -0.39 is 29.3 Å². The van der Waals surface area contributed by atoms with Crippen molar-refractivity contribution in [3.8, 4) is 11.3 Å². The van der Waals surface area contributed by atoms with E-state index >= 15 is 0 Å². The van der Waals surface area contributed by atoms with Gasteiger partial charge in [0.15, 0.2) is 11.7 Å². The summed E-state index contributed by atoms with van der Waals surface area (Å²) in [5.74, 6) is -2.51. The van der Waals surface area contributed by atoms with E-state index in [4.69, 9.17) is 9.15 Å². The zero-order chi connectivity index (χ0) is 18.5. The van der Waals surface area contributed by atoms with Crippen LogP contribution in [0.2, 0.25) is 0 Å². The number of anilines is 1. The number of nitrogens with one attached hydrogen (secondary N) is 1. The van der Waals surface area contributed by atoms with Crippen molar-refractivity contribution in [2.45, 2.75) is 0 Å². The molecule has 10 heteroatoms. The van der Waals surface area contributed by atoms with E-state index in [-0.39, 0.29) is 5.76 Å². The number of rotatable bonds is 6. The van der Waals surface area contributed by atoms with Crippen LogP contribution in [-0.4, -0.2) is 28.4 Å². The zero-order valence-corrected chi connectivity index (χ0v) is 13.9. The van der Waals surface area contributed by atoms with Gasteiger partial charge < -0.3 is 9.15 Å². The fraction of sp³-hybridized carbons (Fsp3) is 0.0625. The summed E-state index contributed by atoms with van der Waals surface area (Å²) in [4.78, 5) is 37.5. The van der Waals surface area contributed by atoms with E-state index in [0.717, 1.165) is 17.7 Å². The predicted molar refractivity (Wildman–Crippen MR) is 91.8 cm³/mol. The summed E-state index contributed by atoms with van der Waals surface area (Å²) < 4.78 is 9.45. The molecule has 0 unspecified atom stereocenters. The Hall–Kier alpha value is -3.53. The Balaban J connectivity index is 1.53. The first-order valence-electron chi connectivity index (χ1n) is 7.25. The molecule has 26 heavy (non-hydrogen) atoms.